The fourth-order valence-electron chi connectivity index (χ4n) is 1.71. The Bertz CT molecular complexity index is 398. The molecule has 8 nitrogen and oxygen atoms in total. The number of nitrogens with one attached hydrogen (secondary N) is 2. The number of nitrogens with two attached hydrogens (primary N) is 1. The quantitative estimate of drug-likeness (QED) is 0.459. The number of rotatable bonds is 11. The maximum Gasteiger partial charge on any atom is 0.242 e. The van der Waals surface area contributed by atoms with Crippen LogP contribution in [0.4, 0.5) is 0 Å². The molecule has 0 spiro atoms. The summed E-state index contributed by atoms with van der Waals surface area (Å²) >= 11 is 0. The molecule has 0 aromatic rings. The summed E-state index contributed by atoms with van der Waals surface area (Å²) < 4.78 is 0. The lowest BCUT2D eigenvalue weighted by Gasteiger charge is -2.21. The van der Waals surface area contributed by atoms with Gasteiger partial charge in [-0.15, -0.1) is 0 Å². The maximum absolute atomic E-state index is 11.9. The number of nitrogens with zero attached hydrogens (tertiary/aromatic N) is 1. The predicted octanol–water partition coefficient (Wildman–Crippen LogP) is -0.867. The van der Waals surface area contributed by atoms with Crippen molar-refractivity contribution in [3.63, 3.8) is 0 Å². The van der Waals surface area contributed by atoms with Crippen molar-refractivity contribution in [3.05, 3.63) is 0 Å². The van der Waals surface area contributed by atoms with E-state index in [1.807, 2.05) is 6.92 Å². The highest BCUT2D eigenvalue weighted by Gasteiger charge is 2.12. The molecule has 4 N–H and O–H groups in total. The van der Waals surface area contributed by atoms with Crippen molar-refractivity contribution in [1.29, 1.82) is 0 Å². The number of primary amides is 1. The molecule has 0 heterocycles. The lowest BCUT2D eigenvalue weighted by molar-refractivity contribution is -0.133. The summed E-state index contributed by atoms with van der Waals surface area (Å²) in [5.74, 6) is -0.965. The van der Waals surface area contributed by atoms with Crippen LogP contribution in [0.25, 0.3) is 0 Å². The van der Waals surface area contributed by atoms with Gasteiger partial charge in [0.25, 0.3) is 0 Å². The normalized spacial score (nSPS) is 9.91. The zero-order valence-corrected chi connectivity index (χ0v) is 13.3. The Balaban J connectivity index is 3.93. The standard InChI is InChI=1S/C14H26N4O4/c1-3-12(20)17-10-14(22)18(4-2)9-8-16-13(21)7-5-6-11(15)19/h3-10H2,1-2H3,(H2,15,19)(H,16,21)(H,17,20). The largest absolute Gasteiger partial charge is 0.370 e. The van der Waals surface area contributed by atoms with E-state index >= 15 is 0 Å². The summed E-state index contributed by atoms with van der Waals surface area (Å²) in [7, 11) is 0. The van der Waals surface area contributed by atoms with E-state index in [0.717, 1.165) is 0 Å². The molecule has 0 aliphatic rings. The second kappa shape index (κ2) is 11.5. The summed E-state index contributed by atoms with van der Waals surface area (Å²) in [4.78, 5) is 46.6. The molecular formula is C14H26N4O4. The van der Waals surface area contributed by atoms with Crippen molar-refractivity contribution in [1.82, 2.24) is 15.5 Å². The minimum atomic E-state index is -0.426. The first-order valence-electron chi connectivity index (χ1n) is 7.50. The number of amides is 4. The average Bonchev–Trinajstić information content (AvgIpc) is 2.48. The fourth-order valence-corrected chi connectivity index (χ4v) is 1.71. The number of hydrogen-bond donors (Lipinski definition) is 3. The van der Waals surface area contributed by atoms with E-state index in [4.69, 9.17) is 5.73 Å². The molecule has 0 atom stereocenters. The van der Waals surface area contributed by atoms with Gasteiger partial charge in [-0.3, -0.25) is 19.2 Å². The van der Waals surface area contributed by atoms with Crippen molar-refractivity contribution in [2.75, 3.05) is 26.2 Å². The summed E-state index contributed by atoms with van der Waals surface area (Å²) in [6.07, 6.45) is 1.17. The molecule has 0 aliphatic carbocycles. The van der Waals surface area contributed by atoms with Crippen LogP contribution in [0.3, 0.4) is 0 Å². The van der Waals surface area contributed by atoms with Crippen LogP contribution in [0.2, 0.25) is 0 Å². The van der Waals surface area contributed by atoms with Gasteiger partial charge >= 0.3 is 0 Å². The van der Waals surface area contributed by atoms with Crippen LogP contribution in [0, 0.1) is 0 Å². The van der Waals surface area contributed by atoms with E-state index in [0.29, 0.717) is 32.5 Å². The van der Waals surface area contributed by atoms with Gasteiger partial charge in [0.1, 0.15) is 0 Å². The molecule has 0 radical (unpaired) electrons. The zero-order valence-electron chi connectivity index (χ0n) is 13.3. The highest BCUT2D eigenvalue weighted by Crippen LogP contribution is 1.94. The Morgan fingerprint density at radius 3 is 2.23 bits per heavy atom. The van der Waals surface area contributed by atoms with Crippen LogP contribution in [0.15, 0.2) is 0 Å². The predicted molar refractivity (Wildman–Crippen MR) is 81.6 cm³/mol. The van der Waals surface area contributed by atoms with E-state index < -0.39 is 5.91 Å². The van der Waals surface area contributed by atoms with Gasteiger partial charge in [0.2, 0.25) is 23.6 Å². The van der Waals surface area contributed by atoms with Crippen LogP contribution in [-0.4, -0.2) is 54.7 Å². The summed E-state index contributed by atoms with van der Waals surface area (Å²) in [5.41, 5.74) is 4.98. The Labute approximate surface area is 130 Å². The van der Waals surface area contributed by atoms with Crippen molar-refractivity contribution in [2.45, 2.75) is 39.5 Å². The van der Waals surface area contributed by atoms with Crippen LogP contribution in [-0.2, 0) is 19.2 Å². The molecule has 126 valence electrons. The molecule has 0 bridgehead atoms. The molecule has 4 amide bonds. The molecule has 0 aliphatic heterocycles. The van der Waals surface area contributed by atoms with Crippen LogP contribution in [0.1, 0.15) is 39.5 Å². The molecule has 0 saturated heterocycles. The Kier molecular flexibility index (Phi) is 10.4. The van der Waals surface area contributed by atoms with Crippen LogP contribution >= 0.6 is 0 Å². The van der Waals surface area contributed by atoms with Gasteiger partial charge in [0.05, 0.1) is 6.54 Å². The number of carbonyl (C=O) groups excluding carboxylic acids is 4. The molecule has 8 heteroatoms. The number of hydrogen-bond acceptors (Lipinski definition) is 4. The molecule has 0 rings (SSSR count). The van der Waals surface area contributed by atoms with Gasteiger partial charge in [-0.25, -0.2) is 0 Å². The second-order valence-electron chi connectivity index (χ2n) is 4.77. The average molecular weight is 314 g/mol. The summed E-state index contributed by atoms with van der Waals surface area (Å²) in [5, 5.41) is 5.20. The second-order valence-corrected chi connectivity index (χ2v) is 4.77. The van der Waals surface area contributed by atoms with Crippen LogP contribution < -0.4 is 16.4 Å². The highest BCUT2D eigenvalue weighted by atomic mass is 16.2. The molecule has 22 heavy (non-hydrogen) atoms. The molecule has 0 unspecified atom stereocenters. The van der Waals surface area contributed by atoms with Crippen molar-refractivity contribution < 1.29 is 19.2 Å². The fraction of sp³-hybridized carbons (Fsp3) is 0.714. The topological polar surface area (TPSA) is 122 Å². The number of carbonyl (C=O) groups is 4. The van der Waals surface area contributed by atoms with Gasteiger partial charge in [0, 0.05) is 38.9 Å². The SMILES string of the molecule is CCC(=O)NCC(=O)N(CC)CCNC(=O)CCCC(N)=O. The Morgan fingerprint density at radius 2 is 1.68 bits per heavy atom. The first-order valence-corrected chi connectivity index (χ1v) is 7.50. The first-order chi connectivity index (χ1) is 10.4. The third-order valence-electron chi connectivity index (χ3n) is 3.02. The molecular weight excluding hydrogens is 288 g/mol. The number of likely N-dealkylation sites (N-methyl/N-ethyl adjacent to an activating group) is 1. The van der Waals surface area contributed by atoms with Crippen molar-refractivity contribution >= 4 is 23.6 Å². The van der Waals surface area contributed by atoms with E-state index in [1.165, 1.54) is 0 Å². The third kappa shape index (κ3) is 9.73. The summed E-state index contributed by atoms with van der Waals surface area (Å²) in [6.45, 7) is 4.71. The van der Waals surface area contributed by atoms with Gasteiger partial charge in [-0.05, 0) is 13.3 Å². The van der Waals surface area contributed by atoms with Gasteiger partial charge < -0.3 is 21.3 Å². The monoisotopic (exact) mass is 314 g/mol. The summed E-state index contributed by atoms with van der Waals surface area (Å²) in [6, 6.07) is 0. The molecule has 0 aromatic heterocycles. The minimum absolute atomic E-state index is 0.0347. The van der Waals surface area contributed by atoms with Crippen molar-refractivity contribution in [3.8, 4) is 0 Å². The minimum Gasteiger partial charge on any atom is -0.370 e. The first kappa shape index (κ1) is 19.9. The van der Waals surface area contributed by atoms with Crippen LogP contribution in [0.5, 0.6) is 0 Å². The molecule has 0 saturated carbocycles. The van der Waals surface area contributed by atoms with E-state index in [-0.39, 0.29) is 37.1 Å². The molecule has 0 fully saturated rings. The van der Waals surface area contributed by atoms with Gasteiger partial charge in [-0.1, -0.05) is 6.92 Å². The van der Waals surface area contributed by atoms with E-state index in [2.05, 4.69) is 10.6 Å². The van der Waals surface area contributed by atoms with E-state index in [1.54, 1.807) is 11.8 Å². The van der Waals surface area contributed by atoms with Gasteiger partial charge in [0.15, 0.2) is 0 Å². The maximum atomic E-state index is 11.9. The van der Waals surface area contributed by atoms with Crippen molar-refractivity contribution in [2.24, 2.45) is 5.73 Å². The smallest absolute Gasteiger partial charge is 0.242 e. The Morgan fingerprint density at radius 1 is 1.00 bits per heavy atom. The third-order valence-corrected chi connectivity index (χ3v) is 3.02. The van der Waals surface area contributed by atoms with Gasteiger partial charge in [-0.2, -0.15) is 0 Å². The molecule has 0 aromatic carbocycles. The lowest BCUT2D eigenvalue weighted by atomic mass is 10.2. The Hall–Kier alpha value is -2.12. The van der Waals surface area contributed by atoms with E-state index in [9.17, 15) is 19.2 Å². The lowest BCUT2D eigenvalue weighted by Crippen LogP contribution is -2.43. The zero-order chi connectivity index (χ0) is 17.0. The highest BCUT2D eigenvalue weighted by molar-refractivity contribution is 5.84.